The van der Waals surface area contributed by atoms with Gasteiger partial charge in [-0.15, -0.1) is 0 Å². The summed E-state index contributed by atoms with van der Waals surface area (Å²) < 4.78 is 6.11. The highest BCUT2D eigenvalue weighted by Crippen LogP contribution is 2.30. The molecule has 1 aromatic rings. The van der Waals surface area contributed by atoms with Crippen LogP contribution in [-0.2, 0) is 6.54 Å². The van der Waals surface area contributed by atoms with E-state index in [4.69, 9.17) is 4.74 Å². The van der Waals surface area contributed by atoms with Gasteiger partial charge in [-0.25, -0.2) is 0 Å². The Morgan fingerprint density at radius 3 is 2.79 bits per heavy atom. The third kappa shape index (κ3) is 3.10. The van der Waals surface area contributed by atoms with Gasteiger partial charge in [-0.05, 0) is 44.6 Å². The Bertz CT molecular complexity index is 442. The van der Waals surface area contributed by atoms with E-state index in [-0.39, 0.29) is 12.2 Å². The molecule has 0 radical (unpaired) electrons. The van der Waals surface area contributed by atoms with Gasteiger partial charge in [0.15, 0.2) is 0 Å². The molecule has 2 fully saturated rings. The second-order valence-corrected chi connectivity index (χ2v) is 5.87. The summed E-state index contributed by atoms with van der Waals surface area (Å²) in [5.74, 6) is 0.974. The average Bonchev–Trinajstić information content (AvgIpc) is 3.14. The molecule has 0 aromatic heterocycles. The first-order valence-electron chi connectivity index (χ1n) is 7.40. The summed E-state index contributed by atoms with van der Waals surface area (Å²) in [5.41, 5.74) is 2.38. The number of nitrogens with one attached hydrogen (secondary N) is 1. The molecule has 3 nitrogen and oxygen atoms in total. The van der Waals surface area contributed by atoms with Gasteiger partial charge in [-0.2, -0.15) is 0 Å². The molecule has 2 aliphatic rings. The Kier molecular flexibility index (Phi) is 3.76. The highest BCUT2D eigenvalue weighted by molar-refractivity contribution is 5.41. The molecule has 0 amide bonds. The third-order valence-electron chi connectivity index (χ3n) is 4.14. The van der Waals surface area contributed by atoms with Gasteiger partial charge in [0.25, 0.3) is 0 Å². The van der Waals surface area contributed by atoms with E-state index in [1.54, 1.807) is 0 Å². The van der Waals surface area contributed by atoms with Gasteiger partial charge in [-0.1, -0.05) is 18.2 Å². The molecule has 0 saturated heterocycles. The first kappa shape index (κ1) is 12.9. The summed E-state index contributed by atoms with van der Waals surface area (Å²) in [6.07, 6.45) is 5.15. The first-order valence-corrected chi connectivity index (χ1v) is 7.40. The maximum absolute atomic E-state index is 9.92. The lowest BCUT2D eigenvalue weighted by atomic mass is 10.1. The van der Waals surface area contributed by atoms with E-state index in [1.807, 2.05) is 0 Å². The van der Waals surface area contributed by atoms with Crippen LogP contribution in [-0.4, -0.2) is 23.4 Å². The van der Waals surface area contributed by atoms with Crippen molar-refractivity contribution in [1.82, 2.24) is 5.32 Å². The summed E-state index contributed by atoms with van der Waals surface area (Å²) in [5, 5.41) is 13.5. The fourth-order valence-electron chi connectivity index (χ4n) is 2.76. The van der Waals surface area contributed by atoms with Crippen LogP contribution in [0.3, 0.4) is 0 Å². The molecule has 2 saturated carbocycles. The molecule has 2 unspecified atom stereocenters. The van der Waals surface area contributed by atoms with Crippen molar-refractivity contribution in [3.8, 4) is 5.75 Å². The average molecular weight is 261 g/mol. The minimum atomic E-state index is -0.302. The molecule has 0 aliphatic heterocycles. The lowest BCUT2D eigenvalue weighted by molar-refractivity contribution is 0.0593. The summed E-state index contributed by atoms with van der Waals surface area (Å²) in [4.78, 5) is 0. The second kappa shape index (κ2) is 5.51. The Morgan fingerprint density at radius 1 is 1.26 bits per heavy atom. The smallest absolute Gasteiger partial charge is 0.127 e. The van der Waals surface area contributed by atoms with E-state index in [0.717, 1.165) is 37.1 Å². The van der Waals surface area contributed by atoms with Crippen LogP contribution in [0.15, 0.2) is 18.2 Å². The fraction of sp³-hybridized carbons (Fsp3) is 0.625. The minimum absolute atomic E-state index is 0.0271. The van der Waals surface area contributed by atoms with Crippen LogP contribution < -0.4 is 10.1 Å². The highest BCUT2D eigenvalue weighted by atomic mass is 16.5. The largest absolute Gasteiger partial charge is 0.487 e. The number of rotatable bonds is 5. The van der Waals surface area contributed by atoms with Gasteiger partial charge in [0.1, 0.15) is 11.9 Å². The maximum Gasteiger partial charge on any atom is 0.127 e. The molecule has 0 spiro atoms. The van der Waals surface area contributed by atoms with Crippen LogP contribution in [0, 0.1) is 6.92 Å². The molecule has 0 bridgehead atoms. The third-order valence-corrected chi connectivity index (χ3v) is 4.14. The summed E-state index contributed by atoms with van der Waals surface area (Å²) in [6, 6.07) is 6.98. The van der Waals surface area contributed by atoms with E-state index in [2.05, 4.69) is 30.4 Å². The van der Waals surface area contributed by atoms with Crippen molar-refractivity contribution in [3.63, 3.8) is 0 Å². The van der Waals surface area contributed by atoms with Crippen molar-refractivity contribution < 1.29 is 9.84 Å². The van der Waals surface area contributed by atoms with E-state index >= 15 is 0 Å². The number of hydrogen-bond donors (Lipinski definition) is 2. The zero-order valence-electron chi connectivity index (χ0n) is 11.6. The highest BCUT2D eigenvalue weighted by Gasteiger charge is 2.28. The SMILES string of the molecule is Cc1cccc(CNC2CC2)c1OC1CCCC1O. The number of hydrogen-bond acceptors (Lipinski definition) is 3. The number of aliphatic hydroxyl groups excluding tert-OH is 1. The van der Waals surface area contributed by atoms with Gasteiger partial charge >= 0.3 is 0 Å². The Balaban J connectivity index is 1.73. The Morgan fingerprint density at radius 2 is 2.11 bits per heavy atom. The minimum Gasteiger partial charge on any atom is -0.487 e. The topological polar surface area (TPSA) is 41.5 Å². The maximum atomic E-state index is 9.92. The quantitative estimate of drug-likeness (QED) is 0.856. The van der Waals surface area contributed by atoms with Crippen LogP contribution in [0.4, 0.5) is 0 Å². The molecule has 2 atom stereocenters. The second-order valence-electron chi connectivity index (χ2n) is 5.87. The molecule has 2 aliphatic carbocycles. The summed E-state index contributed by atoms with van der Waals surface area (Å²) in [6.45, 7) is 2.95. The number of ether oxygens (including phenoxy) is 1. The van der Waals surface area contributed by atoms with Crippen molar-refractivity contribution in [1.29, 1.82) is 0 Å². The molecule has 2 N–H and O–H groups in total. The first-order chi connectivity index (χ1) is 9.24. The monoisotopic (exact) mass is 261 g/mol. The lowest BCUT2D eigenvalue weighted by Crippen LogP contribution is -2.27. The van der Waals surface area contributed by atoms with Crippen molar-refractivity contribution >= 4 is 0 Å². The number of aliphatic hydroxyl groups is 1. The normalized spacial score (nSPS) is 26.6. The fourth-order valence-corrected chi connectivity index (χ4v) is 2.76. The van der Waals surface area contributed by atoms with Gasteiger partial charge in [-0.3, -0.25) is 0 Å². The van der Waals surface area contributed by atoms with E-state index in [1.165, 1.54) is 18.4 Å². The van der Waals surface area contributed by atoms with Crippen LogP contribution in [0.1, 0.15) is 43.2 Å². The molecule has 3 heteroatoms. The number of para-hydroxylation sites is 1. The molecule has 104 valence electrons. The molecule has 0 heterocycles. The van der Waals surface area contributed by atoms with Crippen molar-refractivity contribution in [2.24, 2.45) is 0 Å². The Hall–Kier alpha value is -1.06. The van der Waals surface area contributed by atoms with Gasteiger partial charge in [0, 0.05) is 18.2 Å². The molecule has 3 rings (SSSR count). The van der Waals surface area contributed by atoms with Gasteiger partial charge in [0.05, 0.1) is 6.10 Å². The summed E-state index contributed by atoms with van der Waals surface area (Å²) >= 11 is 0. The van der Waals surface area contributed by atoms with Crippen LogP contribution in [0.2, 0.25) is 0 Å². The lowest BCUT2D eigenvalue weighted by Gasteiger charge is -2.21. The van der Waals surface area contributed by atoms with Crippen LogP contribution in [0.25, 0.3) is 0 Å². The standard InChI is InChI=1S/C16H23NO2/c1-11-4-2-5-12(10-17-13-8-9-13)16(11)19-15-7-3-6-14(15)18/h2,4-5,13-15,17-18H,3,6-10H2,1H3. The Labute approximate surface area is 115 Å². The number of aryl methyl sites for hydroxylation is 1. The van der Waals surface area contributed by atoms with Crippen LogP contribution >= 0.6 is 0 Å². The summed E-state index contributed by atoms with van der Waals surface area (Å²) in [7, 11) is 0. The van der Waals surface area contributed by atoms with Crippen LogP contribution in [0.5, 0.6) is 5.75 Å². The molecule has 19 heavy (non-hydrogen) atoms. The zero-order chi connectivity index (χ0) is 13.2. The molecule has 1 aromatic carbocycles. The van der Waals surface area contributed by atoms with Gasteiger partial charge < -0.3 is 15.2 Å². The van der Waals surface area contributed by atoms with Crippen molar-refractivity contribution in [3.05, 3.63) is 29.3 Å². The van der Waals surface area contributed by atoms with E-state index in [9.17, 15) is 5.11 Å². The van der Waals surface area contributed by atoms with E-state index < -0.39 is 0 Å². The number of benzene rings is 1. The predicted molar refractivity (Wildman–Crippen MR) is 75.3 cm³/mol. The van der Waals surface area contributed by atoms with Crippen molar-refractivity contribution in [2.45, 2.75) is 63.8 Å². The van der Waals surface area contributed by atoms with Gasteiger partial charge in [0.2, 0.25) is 0 Å². The molecular formula is C16H23NO2. The molecular weight excluding hydrogens is 238 g/mol. The van der Waals surface area contributed by atoms with Crippen molar-refractivity contribution in [2.75, 3.05) is 0 Å². The predicted octanol–water partition coefficient (Wildman–Crippen LogP) is 2.54. The zero-order valence-corrected chi connectivity index (χ0v) is 11.6. The van der Waals surface area contributed by atoms with E-state index in [0.29, 0.717) is 6.04 Å².